The summed E-state index contributed by atoms with van der Waals surface area (Å²) in [4.78, 5) is 2.53. The highest BCUT2D eigenvalue weighted by atomic mass is 79.9. The smallest absolute Gasteiger partial charge is 0.0544 e. The maximum atomic E-state index is 5.94. The third-order valence-electron chi connectivity index (χ3n) is 3.73. The highest BCUT2D eigenvalue weighted by Crippen LogP contribution is 2.36. The Morgan fingerprint density at radius 1 is 1.28 bits per heavy atom. The number of piperidine rings is 1. The predicted molar refractivity (Wildman–Crippen MR) is 83.1 cm³/mol. The Bertz CT molecular complexity index is 421. The van der Waals surface area contributed by atoms with Crippen LogP contribution in [0.4, 0.5) is 11.4 Å². The van der Waals surface area contributed by atoms with E-state index in [1.54, 1.807) is 0 Å². The van der Waals surface area contributed by atoms with Crippen LogP contribution >= 0.6 is 15.9 Å². The van der Waals surface area contributed by atoms with Crippen molar-refractivity contribution in [2.24, 2.45) is 11.8 Å². The van der Waals surface area contributed by atoms with Gasteiger partial charge in [0.25, 0.3) is 0 Å². The van der Waals surface area contributed by atoms with Gasteiger partial charge < -0.3 is 10.6 Å². The van der Waals surface area contributed by atoms with E-state index in [0.29, 0.717) is 0 Å². The minimum absolute atomic E-state index is 0.767. The molecule has 2 N–H and O–H groups in total. The van der Waals surface area contributed by atoms with Crippen LogP contribution < -0.4 is 10.6 Å². The van der Waals surface area contributed by atoms with Gasteiger partial charge in [0.15, 0.2) is 0 Å². The van der Waals surface area contributed by atoms with Crippen LogP contribution in [0.1, 0.15) is 32.8 Å². The molecule has 3 heteroatoms. The van der Waals surface area contributed by atoms with Crippen molar-refractivity contribution in [1.29, 1.82) is 0 Å². The van der Waals surface area contributed by atoms with Crippen molar-refractivity contribution >= 4 is 27.3 Å². The van der Waals surface area contributed by atoms with Crippen LogP contribution in [0.15, 0.2) is 16.6 Å². The van der Waals surface area contributed by atoms with Gasteiger partial charge in [-0.3, -0.25) is 0 Å². The molecule has 1 heterocycles. The van der Waals surface area contributed by atoms with Crippen molar-refractivity contribution in [3.63, 3.8) is 0 Å². The SMILES string of the molecule is CCc1cc(N)cc(Br)c1N1C[C@H](C)C[C@@H](C)C1. The minimum Gasteiger partial charge on any atom is -0.399 e. The number of nitrogens with two attached hydrogens (primary N) is 1. The van der Waals surface area contributed by atoms with Crippen molar-refractivity contribution in [2.45, 2.75) is 33.6 Å². The highest BCUT2D eigenvalue weighted by molar-refractivity contribution is 9.10. The fourth-order valence-electron chi connectivity index (χ4n) is 3.15. The van der Waals surface area contributed by atoms with E-state index in [1.165, 1.54) is 17.7 Å². The molecule has 0 spiro atoms. The third kappa shape index (κ3) is 2.82. The van der Waals surface area contributed by atoms with Crippen LogP contribution in [0, 0.1) is 11.8 Å². The summed E-state index contributed by atoms with van der Waals surface area (Å²) in [5, 5.41) is 0. The van der Waals surface area contributed by atoms with Gasteiger partial charge in [-0.25, -0.2) is 0 Å². The molecule has 0 aliphatic carbocycles. The topological polar surface area (TPSA) is 29.3 Å². The molecule has 1 aliphatic heterocycles. The highest BCUT2D eigenvalue weighted by Gasteiger charge is 2.24. The zero-order valence-electron chi connectivity index (χ0n) is 11.5. The Kier molecular flexibility index (Phi) is 4.21. The summed E-state index contributed by atoms with van der Waals surface area (Å²) in [6.07, 6.45) is 2.36. The van der Waals surface area contributed by atoms with Gasteiger partial charge in [-0.2, -0.15) is 0 Å². The quantitative estimate of drug-likeness (QED) is 0.834. The van der Waals surface area contributed by atoms with Crippen molar-refractivity contribution in [3.05, 3.63) is 22.2 Å². The Balaban J connectivity index is 2.37. The van der Waals surface area contributed by atoms with Gasteiger partial charge in [-0.05, 0) is 58.3 Å². The summed E-state index contributed by atoms with van der Waals surface area (Å²) in [7, 11) is 0. The van der Waals surface area contributed by atoms with Crippen LogP contribution in [0.5, 0.6) is 0 Å². The molecule has 0 unspecified atom stereocenters. The second-order valence-corrected chi connectivity index (χ2v) is 6.57. The minimum atomic E-state index is 0.767. The first kappa shape index (κ1) is 13.7. The zero-order chi connectivity index (χ0) is 13.3. The lowest BCUT2D eigenvalue weighted by molar-refractivity contribution is 0.356. The van der Waals surface area contributed by atoms with E-state index in [2.05, 4.69) is 47.7 Å². The number of nitrogen functional groups attached to an aromatic ring is 1. The Morgan fingerprint density at radius 3 is 2.44 bits per heavy atom. The van der Waals surface area contributed by atoms with Crippen molar-refractivity contribution < 1.29 is 0 Å². The van der Waals surface area contributed by atoms with Gasteiger partial charge in [0.2, 0.25) is 0 Å². The lowest BCUT2D eigenvalue weighted by atomic mass is 9.91. The first-order valence-corrected chi connectivity index (χ1v) is 7.63. The van der Waals surface area contributed by atoms with E-state index < -0.39 is 0 Å². The molecule has 100 valence electrons. The van der Waals surface area contributed by atoms with E-state index in [1.807, 2.05) is 6.07 Å². The number of halogens is 1. The summed E-state index contributed by atoms with van der Waals surface area (Å²) in [6, 6.07) is 4.14. The predicted octanol–water partition coefficient (Wildman–Crippen LogP) is 4.08. The van der Waals surface area contributed by atoms with E-state index in [4.69, 9.17) is 5.73 Å². The van der Waals surface area contributed by atoms with Crippen molar-refractivity contribution in [2.75, 3.05) is 23.7 Å². The van der Waals surface area contributed by atoms with Gasteiger partial charge in [0.05, 0.1) is 5.69 Å². The summed E-state index contributed by atoms with van der Waals surface area (Å²) in [5.41, 5.74) is 9.49. The van der Waals surface area contributed by atoms with Gasteiger partial charge in [-0.1, -0.05) is 20.8 Å². The molecule has 0 aromatic heterocycles. The van der Waals surface area contributed by atoms with E-state index in [9.17, 15) is 0 Å². The van der Waals surface area contributed by atoms with Crippen LogP contribution in [-0.4, -0.2) is 13.1 Å². The molecule has 0 bridgehead atoms. The maximum Gasteiger partial charge on any atom is 0.0544 e. The summed E-state index contributed by atoms with van der Waals surface area (Å²) in [5.74, 6) is 1.53. The number of hydrogen-bond donors (Lipinski definition) is 1. The fourth-order valence-corrected chi connectivity index (χ4v) is 3.92. The second kappa shape index (κ2) is 5.52. The van der Waals surface area contributed by atoms with Gasteiger partial charge >= 0.3 is 0 Å². The van der Waals surface area contributed by atoms with Crippen LogP contribution in [-0.2, 0) is 6.42 Å². The summed E-state index contributed by atoms with van der Waals surface area (Å²) >= 11 is 3.69. The summed E-state index contributed by atoms with van der Waals surface area (Å²) < 4.78 is 1.14. The zero-order valence-corrected chi connectivity index (χ0v) is 13.1. The molecule has 0 saturated carbocycles. The molecule has 2 nitrogen and oxygen atoms in total. The molecule has 1 fully saturated rings. The number of hydrogen-bond acceptors (Lipinski definition) is 2. The molecule has 1 aromatic carbocycles. The Morgan fingerprint density at radius 2 is 1.89 bits per heavy atom. The normalized spacial score (nSPS) is 24.3. The molecule has 2 atom stereocenters. The molecular formula is C15H23BrN2. The van der Waals surface area contributed by atoms with E-state index in [0.717, 1.165) is 41.5 Å². The monoisotopic (exact) mass is 310 g/mol. The van der Waals surface area contributed by atoms with Crippen LogP contribution in [0.25, 0.3) is 0 Å². The van der Waals surface area contributed by atoms with Crippen LogP contribution in [0.3, 0.4) is 0 Å². The van der Waals surface area contributed by atoms with Gasteiger partial charge in [-0.15, -0.1) is 0 Å². The molecule has 2 rings (SSSR count). The lowest BCUT2D eigenvalue weighted by Gasteiger charge is -2.38. The largest absolute Gasteiger partial charge is 0.399 e. The average molecular weight is 311 g/mol. The number of benzene rings is 1. The number of rotatable bonds is 2. The molecule has 0 amide bonds. The second-order valence-electron chi connectivity index (χ2n) is 5.72. The molecule has 0 radical (unpaired) electrons. The first-order valence-electron chi connectivity index (χ1n) is 6.84. The maximum absolute atomic E-state index is 5.94. The lowest BCUT2D eigenvalue weighted by Crippen LogP contribution is -2.39. The molecular weight excluding hydrogens is 288 g/mol. The molecule has 1 aromatic rings. The molecule has 1 aliphatic rings. The Labute approximate surface area is 119 Å². The standard InChI is InChI=1S/C15H23BrN2/c1-4-12-6-13(17)7-14(16)15(12)18-8-10(2)5-11(3)9-18/h6-7,10-11H,4-5,8-9,17H2,1-3H3/t10-,11-/m1/s1. The van der Waals surface area contributed by atoms with Crippen molar-refractivity contribution in [1.82, 2.24) is 0 Å². The van der Waals surface area contributed by atoms with Crippen LogP contribution in [0.2, 0.25) is 0 Å². The van der Waals surface area contributed by atoms with Crippen molar-refractivity contribution in [3.8, 4) is 0 Å². The van der Waals surface area contributed by atoms with E-state index in [-0.39, 0.29) is 0 Å². The molecule has 1 saturated heterocycles. The number of aryl methyl sites for hydroxylation is 1. The Hall–Kier alpha value is -0.700. The van der Waals surface area contributed by atoms with Gasteiger partial charge in [0, 0.05) is 23.2 Å². The first-order chi connectivity index (χ1) is 8.51. The third-order valence-corrected chi connectivity index (χ3v) is 4.34. The fraction of sp³-hybridized carbons (Fsp3) is 0.600. The number of anilines is 2. The number of nitrogens with zero attached hydrogens (tertiary/aromatic N) is 1. The van der Waals surface area contributed by atoms with Gasteiger partial charge in [0.1, 0.15) is 0 Å². The van der Waals surface area contributed by atoms with E-state index >= 15 is 0 Å². The summed E-state index contributed by atoms with van der Waals surface area (Å²) in [6.45, 7) is 9.19. The molecule has 18 heavy (non-hydrogen) atoms. The average Bonchev–Trinajstić information content (AvgIpc) is 2.26.